The molecule has 0 spiro atoms. The van der Waals surface area contributed by atoms with E-state index < -0.39 is 6.04 Å². The van der Waals surface area contributed by atoms with Crippen LogP contribution in [0.2, 0.25) is 0 Å². The molecule has 0 aliphatic carbocycles. The Balaban J connectivity index is 2.35. The van der Waals surface area contributed by atoms with Crippen molar-refractivity contribution in [2.24, 2.45) is 0 Å². The highest BCUT2D eigenvalue weighted by molar-refractivity contribution is 9.10. The first-order chi connectivity index (χ1) is 9.02. The number of nitrogens with one attached hydrogen (secondary N) is 2. The summed E-state index contributed by atoms with van der Waals surface area (Å²) in [6.07, 6.45) is 0. The van der Waals surface area contributed by atoms with E-state index in [-0.39, 0.29) is 11.8 Å². The molecule has 6 heteroatoms. The lowest BCUT2D eigenvalue weighted by Gasteiger charge is -2.13. The molecule has 1 aromatic rings. The molecule has 0 aliphatic rings. The molecule has 1 rings (SSSR count). The molecule has 0 aliphatic heterocycles. The molecular formula is C13H17BrN2O2S. The monoisotopic (exact) mass is 344 g/mol. The summed E-state index contributed by atoms with van der Waals surface area (Å²) in [5.41, 5.74) is 0. The van der Waals surface area contributed by atoms with Crippen LogP contribution in [-0.2, 0) is 9.59 Å². The van der Waals surface area contributed by atoms with Gasteiger partial charge in [0, 0.05) is 15.9 Å². The number of hydrogen-bond acceptors (Lipinski definition) is 3. The van der Waals surface area contributed by atoms with Gasteiger partial charge in [-0.2, -0.15) is 0 Å². The average molecular weight is 345 g/mol. The minimum Gasteiger partial charge on any atom is -0.355 e. The van der Waals surface area contributed by atoms with Gasteiger partial charge < -0.3 is 10.6 Å². The van der Waals surface area contributed by atoms with Gasteiger partial charge in [-0.15, -0.1) is 11.8 Å². The van der Waals surface area contributed by atoms with Gasteiger partial charge in [-0.05, 0) is 38.1 Å². The van der Waals surface area contributed by atoms with Crippen molar-refractivity contribution in [2.75, 3.05) is 12.3 Å². The predicted molar refractivity (Wildman–Crippen MR) is 81.2 cm³/mol. The Hall–Kier alpha value is -1.01. The van der Waals surface area contributed by atoms with Crippen LogP contribution in [0, 0.1) is 0 Å². The minimum atomic E-state index is -0.502. The zero-order valence-corrected chi connectivity index (χ0v) is 13.3. The lowest BCUT2D eigenvalue weighted by atomic mass is 10.3. The molecule has 2 amide bonds. The molecule has 4 nitrogen and oxygen atoms in total. The van der Waals surface area contributed by atoms with Crippen LogP contribution >= 0.6 is 27.7 Å². The maximum Gasteiger partial charge on any atom is 0.242 e. The van der Waals surface area contributed by atoms with Gasteiger partial charge in [-0.1, -0.05) is 15.9 Å². The average Bonchev–Trinajstić information content (AvgIpc) is 2.38. The third-order valence-electron chi connectivity index (χ3n) is 2.31. The van der Waals surface area contributed by atoms with Crippen LogP contribution < -0.4 is 10.6 Å². The standard InChI is InChI=1S/C13H17BrN2O2S/c1-3-15-13(18)9(2)16-12(17)8-19-11-6-4-10(14)5-7-11/h4-7,9H,3,8H2,1-2H3,(H,15,18)(H,16,17)/t9-/m0/s1. The number of likely N-dealkylation sites (N-methyl/N-ethyl adjacent to an activating group) is 1. The molecule has 1 atom stereocenters. The van der Waals surface area contributed by atoms with Crippen LogP contribution in [0.25, 0.3) is 0 Å². The first kappa shape index (κ1) is 16.0. The molecule has 0 saturated heterocycles. The molecule has 0 aromatic heterocycles. The van der Waals surface area contributed by atoms with Crippen LogP contribution in [0.5, 0.6) is 0 Å². The number of benzene rings is 1. The number of halogens is 1. The maximum absolute atomic E-state index is 11.7. The summed E-state index contributed by atoms with van der Waals surface area (Å²) in [6.45, 7) is 4.08. The highest BCUT2D eigenvalue weighted by Gasteiger charge is 2.14. The molecule has 0 heterocycles. The van der Waals surface area contributed by atoms with Crippen LogP contribution in [0.1, 0.15) is 13.8 Å². The van der Waals surface area contributed by atoms with Gasteiger partial charge in [0.05, 0.1) is 5.75 Å². The van der Waals surface area contributed by atoms with Crippen LogP contribution in [0.15, 0.2) is 33.6 Å². The van der Waals surface area contributed by atoms with Gasteiger partial charge in [0.1, 0.15) is 6.04 Å². The van der Waals surface area contributed by atoms with E-state index in [1.54, 1.807) is 6.92 Å². The molecule has 0 radical (unpaired) electrons. The van der Waals surface area contributed by atoms with E-state index >= 15 is 0 Å². The van der Waals surface area contributed by atoms with Crippen molar-refractivity contribution in [3.8, 4) is 0 Å². The molecule has 0 saturated carbocycles. The number of carbonyl (C=O) groups excluding carboxylic acids is 2. The zero-order chi connectivity index (χ0) is 14.3. The van der Waals surface area contributed by atoms with E-state index in [1.807, 2.05) is 31.2 Å². The third kappa shape index (κ3) is 6.11. The summed E-state index contributed by atoms with van der Waals surface area (Å²) in [7, 11) is 0. The van der Waals surface area contributed by atoms with Crippen LogP contribution in [0.4, 0.5) is 0 Å². The quantitative estimate of drug-likeness (QED) is 0.777. The first-order valence-corrected chi connectivity index (χ1v) is 7.76. The van der Waals surface area contributed by atoms with E-state index in [1.165, 1.54) is 11.8 Å². The Morgan fingerprint density at radius 2 is 1.95 bits per heavy atom. The van der Waals surface area contributed by atoms with Gasteiger partial charge >= 0.3 is 0 Å². The fraction of sp³-hybridized carbons (Fsp3) is 0.385. The molecule has 2 N–H and O–H groups in total. The number of amides is 2. The second-order valence-corrected chi connectivity index (χ2v) is 5.89. The number of rotatable bonds is 6. The smallest absolute Gasteiger partial charge is 0.242 e. The molecule has 0 unspecified atom stereocenters. The topological polar surface area (TPSA) is 58.2 Å². The van der Waals surface area contributed by atoms with Crippen LogP contribution in [-0.4, -0.2) is 30.2 Å². The van der Waals surface area contributed by atoms with Crippen molar-refractivity contribution < 1.29 is 9.59 Å². The number of carbonyl (C=O) groups is 2. The Morgan fingerprint density at radius 3 is 2.53 bits per heavy atom. The molecule has 0 bridgehead atoms. The van der Waals surface area contributed by atoms with Gasteiger partial charge in [0.15, 0.2) is 0 Å². The summed E-state index contributed by atoms with van der Waals surface area (Å²) in [5, 5.41) is 5.33. The summed E-state index contributed by atoms with van der Waals surface area (Å²) >= 11 is 4.80. The largest absolute Gasteiger partial charge is 0.355 e. The second kappa shape index (κ2) is 8.22. The van der Waals surface area contributed by atoms with E-state index in [4.69, 9.17) is 0 Å². The van der Waals surface area contributed by atoms with Gasteiger partial charge in [-0.25, -0.2) is 0 Å². The van der Waals surface area contributed by atoms with Gasteiger partial charge in [0.25, 0.3) is 0 Å². The van der Waals surface area contributed by atoms with Crippen molar-refractivity contribution in [2.45, 2.75) is 24.8 Å². The highest BCUT2D eigenvalue weighted by atomic mass is 79.9. The van der Waals surface area contributed by atoms with Crippen molar-refractivity contribution in [3.05, 3.63) is 28.7 Å². The van der Waals surface area contributed by atoms with E-state index in [2.05, 4.69) is 26.6 Å². The fourth-order valence-corrected chi connectivity index (χ4v) is 2.33. The summed E-state index contributed by atoms with van der Waals surface area (Å²) in [5.74, 6) is -0.0121. The van der Waals surface area contributed by atoms with Gasteiger partial charge in [-0.3, -0.25) is 9.59 Å². The third-order valence-corrected chi connectivity index (χ3v) is 3.85. The maximum atomic E-state index is 11.7. The predicted octanol–water partition coefficient (Wildman–Crippen LogP) is 2.18. The minimum absolute atomic E-state index is 0.147. The Morgan fingerprint density at radius 1 is 1.32 bits per heavy atom. The van der Waals surface area contributed by atoms with Crippen molar-refractivity contribution >= 4 is 39.5 Å². The number of hydrogen-bond donors (Lipinski definition) is 2. The number of thioether (sulfide) groups is 1. The Labute approximate surface area is 125 Å². The normalized spacial score (nSPS) is 11.7. The summed E-state index contributed by atoms with van der Waals surface area (Å²) in [4.78, 5) is 24.2. The molecular weight excluding hydrogens is 328 g/mol. The Bertz CT molecular complexity index is 437. The van der Waals surface area contributed by atoms with Crippen LogP contribution in [0.3, 0.4) is 0 Å². The van der Waals surface area contributed by atoms with Crippen molar-refractivity contribution in [1.29, 1.82) is 0 Å². The molecule has 1 aromatic carbocycles. The van der Waals surface area contributed by atoms with E-state index in [0.29, 0.717) is 12.3 Å². The lowest BCUT2D eigenvalue weighted by Crippen LogP contribution is -2.45. The van der Waals surface area contributed by atoms with Gasteiger partial charge in [0.2, 0.25) is 11.8 Å². The van der Waals surface area contributed by atoms with E-state index in [9.17, 15) is 9.59 Å². The van der Waals surface area contributed by atoms with Crippen molar-refractivity contribution in [3.63, 3.8) is 0 Å². The Kier molecular flexibility index (Phi) is 6.94. The van der Waals surface area contributed by atoms with E-state index in [0.717, 1.165) is 9.37 Å². The SMILES string of the molecule is CCNC(=O)[C@H](C)NC(=O)CSc1ccc(Br)cc1. The lowest BCUT2D eigenvalue weighted by molar-refractivity contribution is -0.127. The molecule has 19 heavy (non-hydrogen) atoms. The summed E-state index contributed by atoms with van der Waals surface area (Å²) in [6, 6.07) is 7.23. The van der Waals surface area contributed by atoms with Crippen molar-refractivity contribution in [1.82, 2.24) is 10.6 Å². The second-order valence-electron chi connectivity index (χ2n) is 3.93. The first-order valence-electron chi connectivity index (χ1n) is 5.98. The molecule has 104 valence electrons. The highest BCUT2D eigenvalue weighted by Crippen LogP contribution is 2.20. The zero-order valence-electron chi connectivity index (χ0n) is 10.9. The summed E-state index contributed by atoms with van der Waals surface area (Å²) < 4.78 is 1.01. The molecule has 0 fully saturated rings. The fourth-order valence-electron chi connectivity index (χ4n) is 1.36.